The maximum atomic E-state index is 12.5. The first-order valence-electron chi connectivity index (χ1n) is 16.0. The number of anilines is 1. The topological polar surface area (TPSA) is 59.4 Å². The van der Waals surface area contributed by atoms with Crippen molar-refractivity contribution >= 4 is 5.69 Å². The number of hydrogen-bond acceptors (Lipinski definition) is 6. The van der Waals surface area contributed by atoms with Crippen molar-refractivity contribution in [1.29, 1.82) is 0 Å². The molecule has 3 aliphatic carbocycles. The molecule has 1 spiro atoms. The Labute approximate surface area is 249 Å². The molecule has 0 amide bonds. The molecule has 3 fully saturated rings. The summed E-state index contributed by atoms with van der Waals surface area (Å²) in [5.41, 5.74) is 7.25. The van der Waals surface area contributed by atoms with Gasteiger partial charge in [-0.15, -0.1) is 0 Å². The lowest BCUT2D eigenvalue weighted by molar-refractivity contribution is -0.268. The van der Waals surface area contributed by atoms with Crippen LogP contribution in [0.3, 0.4) is 0 Å². The van der Waals surface area contributed by atoms with Gasteiger partial charge >= 0.3 is 0 Å². The Morgan fingerprint density at radius 2 is 1.60 bits per heavy atom. The monoisotopic (exact) mass is 565 g/mol. The lowest BCUT2D eigenvalue weighted by Crippen LogP contribution is -2.80. The standard InChI is InChI=1S/C36H43N3O3/c1-24-8-3-5-10-28(24)22-38(40)30-16-15-27-20-31-36(39(41)23-29-11-6-4-9-25(29)2)17-7-12-32-35(36,33(27)34(30)42-32)18-19-37(31)21-26-13-14-26/h3-6,8-11,15-16,26,31-32,40-41H,7,12-14,17-23H2,1-2H3/t31-,32?,35-,36-/m1/s1. The van der Waals surface area contributed by atoms with Gasteiger partial charge in [0, 0.05) is 24.7 Å². The minimum absolute atomic E-state index is 0.00888. The van der Waals surface area contributed by atoms with E-state index < -0.39 is 5.54 Å². The average molecular weight is 566 g/mol. The Balaban J connectivity index is 1.26. The van der Waals surface area contributed by atoms with Gasteiger partial charge in [-0.25, -0.2) is 5.06 Å². The van der Waals surface area contributed by atoms with E-state index in [9.17, 15) is 10.4 Å². The highest BCUT2D eigenvalue weighted by Gasteiger charge is 2.73. The highest BCUT2D eigenvalue weighted by atomic mass is 16.5. The molecule has 6 nitrogen and oxygen atoms in total. The van der Waals surface area contributed by atoms with Gasteiger partial charge in [0.1, 0.15) is 17.5 Å². The van der Waals surface area contributed by atoms with Crippen LogP contribution in [-0.2, 0) is 24.9 Å². The van der Waals surface area contributed by atoms with E-state index in [0.717, 1.165) is 73.7 Å². The number of hydrogen-bond donors (Lipinski definition) is 2. The summed E-state index contributed by atoms with van der Waals surface area (Å²) >= 11 is 0. The molecule has 1 saturated heterocycles. The summed E-state index contributed by atoms with van der Waals surface area (Å²) in [5.74, 6) is 1.64. The number of ether oxygens (including phenoxy) is 1. The zero-order valence-corrected chi connectivity index (χ0v) is 24.9. The Kier molecular flexibility index (Phi) is 6.24. The number of rotatable bonds is 8. The molecule has 8 rings (SSSR count). The Morgan fingerprint density at radius 3 is 2.31 bits per heavy atom. The van der Waals surface area contributed by atoms with Crippen LogP contribution in [0.15, 0.2) is 60.7 Å². The molecule has 5 aliphatic rings. The van der Waals surface area contributed by atoms with E-state index >= 15 is 0 Å². The maximum absolute atomic E-state index is 12.5. The van der Waals surface area contributed by atoms with Gasteiger partial charge in [0.2, 0.25) is 0 Å². The van der Waals surface area contributed by atoms with Gasteiger partial charge in [0.15, 0.2) is 0 Å². The fourth-order valence-electron chi connectivity index (χ4n) is 9.33. The maximum Gasteiger partial charge on any atom is 0.149 e. The number of hydroxylamine groups is 3. The van der Waals surface area contributed by atoms with Crippen LogP contribution in [0.25, 0.3) is 0 Å². The Bertz CT molecular complexity index is 1520. The third-order valence-corrected chi connectivity index (χ3v) is 11.6. The van der Waals surface area contributed by atoms with E-state index in [-0.39, 0.29) is 17.6 Å². The molecule has 220 valence electrons. The van der Waals surface area contributed by atoms with Crippen LogP contribution in [0, 0.1) is 19.8 Å². The molecule has 0 aromatic heterocycles. The van der Waals surface area contributed by atoms with Crippen LogP contribution in [0.2, 0.25) is 0 Å². The fourth-order valence-corrected chi connectivity index (χ4v) is 9.33. The number of likely N-dealkylation sites (tertiary alicyclic amines) is 1. The quantitative estimate of drug-likeness (QED) is 0.302. The lowest BCUT2D eigenvalue weighted by Gasteiger charge is -2.67. The third-order valence-electron chi connectivity index (χ3n) is 11.6. The molecular formula is C36H43N3O3. The van der Waals surface area contributed by atoms with Crippen molar-refractivity contribution in [3.8, 4) is 5.75 Å². The molecule has 42 heavy (non-hydrogen) atoms. The van der Waals surface area contributed by atoms with Gasteiger partial charge in [-0.1, -0.05) is 54.6 Å². The Hall–Kier alpha value is -2.90. The summed E-state index contributed by atoms with van der Waals surface area (Å²) in [6.45, 7) is 7.32. The van der Waals surface area contributed by atoms with E-state index in [1.807, 2.05) is 12.1 Å². The zero-order valence-electron chi connectivity index (χ0n) is 24.9. The van der Waals surface area contributed by atoms with Crippen LogP contribution in [0.1, 0.15) is 71.9 Å². The van der Waals surface area contributed by atoms with Crippen LogP contribution in [-0.4, -0.2) is 51.2 Å². The zero-order chi connectivity index (χ0) is 28.6. The van der Waals surface area contributed by atoms with E-state index in [2.05, 4.69) is 67.3 Å². The highest BCUT2D eigenvalue weighted by Crippen LogP contribution is 2.67. The number of piperidine rings is 1. The molecule has 1 unspecified atom stereocenters. The minimum Gasteiger partial charge on any atom is -0.487 e. The molecule has 4 atom stereocenters. The van der Waals surface area contributed by atoms with Crippen molar-refractivity contribution in [3.63, 3.8) is 0 Å². The first-order chi connectivity index (χ1) is 20.4. The second-order valence-electron chi connectivity index (χ2n) is 13.7. The smallest absolute Gasteiger partial charge is 0.149 e. The molecule has 2 aliphatic heterocycles. The number of benzene rings is 3. The normalized spacial score (nSPS) is 29.4. The number of aryl methyl sites for hydroxylation is 2. The van der Waals surface area contributed by atoms with Crippen molar-refractivity contribution in [2.75, 3.05) is 18.2 Å². The van der Waals surface area contributed by atoms with Gasteiger partial charge in [-0.2, -0.15) is 5.06 Å². The van der Waals surface area contributed by atoms with Crippen LogP contribution in [0.4, 0.5) is 5.69 Å². The second-order valence-corrected chi connectivity index (χ2v) is 13.7. The van der Waals surface area contributed by atoms with Gasteiger partial charge < -0.3 is 9.94 Å². The predicted octanol–water partition coefficient (Wildman–Crippen LogP) is 6.55. The molecule has 3 aromatic rings. The summed E-state index contributed by atoms with van der Waals surface area (Å²) in [6.07, 6.45) is 7.48. The lowest BCUT2D eigenvalue weighted by atomic mass is 9.47. The minimum atomic E-state index is -0.446. The van der Waals surface area contributed by atoms with E-state index in [1.165, 1.54) is 40.2 Å². The SMILES string of the molecule is Cc1ccccc1CN(O)c1ccc2c3c1OC1CCC[C@@]4(N(O)Cc5ccccc5C)[C@@H](C2)N(CC2CC2)CC[C@]314. The molecule has 0 radical (unpaired) electrons. The molecule has 6 heteroatoms. The third kappa shape index (κ3) is 3.78. The average Bonchev–Trinajstić information content (AvgIpc) is 3.74. The van der Waals surface area contributed by atoms with Crippen molar-refractivity contribution in [2.45, 2.75) is 95.0 Å². The van der Waals surface area contributed by atoms with Crippen molar-refractivity contribution in [2.24, 2.45) is 5.92 Å². The van der Waals surface area contributed by atoms with Crippen LogP contribution in [0.5, 0.6) is 5.75 Å². The van der Waals surface area contributed by atoms with Gasteiger partial charge in [0.25, 0.3) is 0 Å². The van der Waals surface area contributed by atoms with E-state index in [4.69, 9.17) is 4.74 Å². The molecule has 2 N–H and O–H groups in total. The van der Waals surface area contributed by atoms with Gasteiger partial charge in [-0.05, 0) is 105 Å². The summed E-state index contributed by atoms with van der Waals surface area (Å²) in [6, 6.07) is 21.2. The van der Waals surface area contributed by atoms with Gasteiger partial charge in [0.05, 0.1) is 17.5 Å². The largest absolute Gasteiger partial charge is 0.487 e. The van der Waals surface area contributed by atoms with Gasteiger partial charge in [-0.3, -0.25) is 10.1 Å². The summed E-state index contributed by atoms with van der Waals surface area (Å²) < 4.78 is 7.02. The summed E-state index contributed by atoms with van der Waals surface area (Å²) in [4.78, 5) is 2.73. The van der Waals surface area contributed by atoms with Crippen LogP contribution >= 0.6 is 0 Å². The summed E-state index contributed by atoms with van der Waals surface area (Å²) in [5, 5.41) is 27.1. The molecule has 2 saturated carbocycles. The molecule has 3 aromatic carbocycles. The molecular weight excluding hydrogens is 522 g/mol. The first-order valence-corrected chi connectivity index (χ1v) is 16.0. The Morgan fingerprint density at radius 1 is 0.881 bits per heavy atom. The highest BCUT2D eigenvalue weighted by molar-refractivity contribution is 5.70. The van der Waals surface area contributed by atoms with Crippen molar-refractivity contribution < 1.29 is 15.2 Å². The van der Waals surface area contributed by atoms with E-state index in [1.54, 1.807) is 5.06 Å². The van der Waals surface area contributed by atoms with E-state index in [0.29, 0.717) is 13.1 Å². The predicted molar refractivity (Wildman–Crippen MR) is 163 cm³/mol. The first kappa shape index (κ1) is 26.7. The van der Waals surface area contributed by atoms with Crippen LogP contribution < -0.4 is 9.80 Å². The molecule has 2 bridgehead atoms. The summed E-state index contributed by atoms with van der Waals surface area (Å²) in [7, 11) is 0. The number of nitrogens with zero attached hydrogens (tertiary/aromatic N) is 3. The van der Waals surface area contributed by atoms with Crippen molar-refractivity contribution in [3.05, 3.63) is 94.0 Å². The molecule has 2 heterocycles. The fraction of sp³-hybridized carbons (Fsp3) is 0.500. The van der Waals surface area contributed by atoms with Crippen molar-refractivity contribution in [1.82, 2.24) is 9.96 Å². The second kappa shape index (κ2) is 9.81.